The van der Waals surface area contributed by atoms with Gasteiger partial charge in [0, 0.05) is 17.6 Å². The molecule has 0 unspecified atom stereocenters. The second kappa shape index (κ2) is 2.93. The molecule has 1 nitrogen and oxygen atoms in total. The number of carbonyl (C=O) groups is 1. The summed E-state index contributed by atoms with van der Waals surface area (Å²) in [4.78, 5) is 10.9. The average Bonchev–Trinajstić information content (AvgIpc) is 1.80. The summed E-state index contributed by atoms with van der Waals surface area (Å²) in [6.45, 7) is 1.94. The number of Topliss-reactive ketones (excluding diaryl/α,β-unsaturated/α-hetero) is 1. The highest BCUT2D eigenvalue weighted by Crippen LogP contribution is 2.24. The van der Waals surface area contributed by atoms with Crippen LogP contribution in [0.1, 0.15) is 13.3 Å². The van der Waals surface area contributed by atoms with Gasteiger partial charge in [0.05, 0.1) is 5.25 Å². The second-order valence-electron chi connectivity index (χ2n) is 2.24. The van der Waals surface area contributed by atoms with Gasteiger partial charge in [-0.1, -0.05) is 0 Å². The van der Waals surface area contributed by atoms with Gasteiger partial charge in [-0.15, -0.1) is 23.4 Å². The van der Waals surface area contributed by atoms with E-state index in [9.17, 15) is 4.79 Å². The summed E-state index contributed by atoms with van der Waals surface area (Å²) >= 11 is 7.39. The Morgan fingerprint density at radius 3 is 2.89 bits per heavy atom. The molecule has 9 heavy (non-hydrogen) atoms. The molecule has 0 amide bonds. The van der Waals surface area contributed by atoms with Gasteiger partial charge in [0.25, 0.3) is 0 Å². The molecule has 3 heteroatoms. The predicted molar refractivity (Wildman–Crippen MR) is 41.2 cm³/mol. The maximum absolute atomic E-state index is 10.9. The van der Waals surface area contributed by atoms with E-state index in [0.717, 1.165) is 5.75 Å². The Hall–Kier alpha value is 0.310. The fourth-order valence-electron chi connectivity index (χ4n) is 0.785. The normalized spacial score (nSPS) is 36.9. The second-order valence-corrected chi connectivity index (χ2v) is 4.23. The highest BCUT2D eigenvalue weighted by atomic mass is 35.5. The predicted octanol–water partition coefficient (Wildman–Crippen LogP) is 1.69. The average molecular weight is 165 g/mol. The Balaban J connectivity index is 2.44. The molecule has 0 aromatic rings. The van der Waals surface area contributed by atoms with Gasteiger partial charge in [-0.2, -0.15) is 0 Å². The molecule has 1 rings (SSSR count). The number of alkyl halides is 1. The van der Waals surface area contributed by atoms with Crippen molar-refractivity contribution in [2.75, 3.05) is 5.75 Å². The fraction of sp³-hybridized carbons (Fsp3) is 0.833. The van der Waals surface area contributed by atoms with Crippen molar-refractivity contribution in [1.29, 1.82) is 0 Å². The van der Waals surface area contributed by atoms with E-state index < -0.39 is 0 Å². The van der Waals surface area contributed by atoms with Crippen LogP contribution in [0.5, 0.6) is 0 Å². The zero-order chi connectivity index (χ0) is 6.85. The van der Waals surface area contributed by atoms with Crippen molar-refractivity contribution >= 4 is 29.1 Å². The standard InChI is InChI=1S/C6H9ClOS/c1-4-6(8)2-5(7)3-9-4/h4-5H,2-3H2,1H3/t4-,5-/m0/s1. The van der Waals surface area contributed by atoms with Gasteiger partial charge >= 0.3 is 0 Å². The van der Waals surface area contributed by atoms with Crippen LogP contribution in [0.15, 0.2) is 0 Å². The lowest BCUT2D eigenvalue weighted by Gasteiger charge is -2.19. The van der Waals surface area contributed by atoms with Crippen molar-refractivity contribution in [3.8, 4) is 0 Å². The molecule has 1 aliphatic heterocycles. The van der Waals surface area contributed by atoms with Gasteiger partial charge in [0.1, 0.15) is 5.78 Å². The Morgan fingerprint density at radius 2 is 2.44 bits per heavy atom. The fourth-order valence-corrected chi connectivity index (χ4v) is 2.05. The van der Waals surface area contributed by atoms with Crippen molar-refractivity contribution in [2.24, 2.45) is 0 Å². The monoisotopic (exact) mass is 164 g/mol. The summed E-state index contributed by atoms with van der Waals surface area (Å²) in [7, 11) is 0. The van der Waals surface area contributed by atoms with Crippen molar-refractivity contribution < 1.29 is 4.79 Å². The zero-order valence-corrected chi connectivity index (χ0v) is 6.84. The third-order valence-corrected chi connectivity index (χ3v) is 3.25. The summed E-state index contributed by atoms with van der Waals surface area (Å²) in [6, 6.07) is 0. The highest BCUT2D eigenvalue weighted by molar-refractivity contribution is 8.00. The summed E-state index contributed by atoms with van der Waals surface area (Å²) in [6.07, 6.45) is 0.565. The lowest BCUT2D eigenvalue weighted by Crippen LogP contribution is -2.25. The lowest BCUT2D eigenvalue weighted by molar-refractivity contribution is -0.118. The van der Waals surface area contributed by atoms with E-state index in [2.05, 4.69) is 0 Å². The number of carbonyl (C=O) groups excluding carboxylic acids is 1. The molecule has 0 aliphatic carbocycles. The maximum atomic E-state index is 10.9. The molecule has 0 aromatic heterocycles. The molecule has 0 aromatic carbocycles. The molecule has 1 heterocycles. The first kappa shape index (κ1) is 7.42. The molecule has 1 aliphatic rings. The van der Waals surface area contributed by atoms with E-state index >= 15 is 0 Å². The van der Waals surface area contributed by atoms with Crippen molar-refractivity contribution in [3.05, 3.63) is 0 Å². The molecule has 2 atom stereocenters. The number of hydrogen-bond acceptors (Lipinski definition) is 2. The van der Waals surface area contributed by atoms with Crippen molar-refractivity contribution in [3.63, 3.8) is 0 Å². The molecule has 0 spiro atoms. The van der Waals surface area contributed by atoms with E-state index in [1.54, 1.807) is 11.8 Å². The van der Waals surface area contributed by atoms with Crippen LogP contribution in [0.4, 0.5) is 0 Å². The summed E-state index contributed by atoms with van der Waals surface area (Å²) in [5, 5.41) is 0.263. The summed E-state index contributed by atoms with van der Waals surface area (Å²) in [5.41, 5.74) is 0. The molecule has 1 saturated heterocycles. The van der Waals surface area contributed by atoms with Crippen LogP contribution in [-0.4, -0.2) is 22.2 Å². The Labute approximate surface area is 64.1 Å². The van der Waals surface area contributed by atoms with E-state index in [1.165, 1.54) is 0 Å². The number of thioether (sulfide) groups is 1. The van der Waals surface area contributed by atoms with Gasteiger partial charge in [-0.05, 0) is 6.92 Å². The Morgan fingerprint density at radius 1 is 1.78 bits per heavy atom. The zero-order valence-electron chi connectivity index (χ0n) is 5.26. The summed E-state index contributed by atoms with van der Waals surface area (Å²) < 4.78 is 0. The molecular formula is C6H9ClOS. The first-order valence-electron chi connectivity index (χ1n) is 2.98. The van der Waals surface area contributed by atoms with Crippen LogP contribution in [0.25, 0.3) is 0 Å². The van der Waals surface area contributed by atoms with Crippen LogP contribution in [0.2, 0.25) is 0 Å². The smallest absolute Gasteiger partial charge is 0.147 e. The van der Waals surface area contributed by atoms with Crippen LogP contribution in [-0.2, 0) is 4.79 Å². The van der Waals surface area contributed by atoms with Crippen LogP contribution in [0.3, 0.4) is 0 Å². The minimum atomic E-state index is 0.0821. The number of hydrogen-bond donors (Lipinski definition) is 0. The first-order chi connectivity index (χ1) is 4.20. The van der Waals surface area contributed by atoms with Gasteiger partial charge in [0.15, 0.2) is 0 Å². The van der Waals surface area contributed by atoms with Gasteiger partial charge in [-0.25, -0.2) is 0 Å². The van der Waals surface area contributed by atoms with E-state index in [-0.39, 0.29) is 10.6 Å². The van der Waals surface area contributed by atoms with Crippen LogP contribution >= 0.6 is 23.4 Å². The Kier molecular flexibility index (Phi) is 2.42. The van der Waals surface area contributed by atoms with Crippen LogP contribution in [0, 0.1) is 0 Å². The molecule has 0 N–H and O–H groups in total. The Bertz CT molecular complexity index is 126. The van der Waals surface area contributed by atoms with Crippen molar-refractivity contribution in [1.82, 2.24) is 0 Å². The van der Waals surface area contributed by atoms with Gasteiger partial charge in [0.2, 0.25) is 0 Å². The van der Waals surface area contributed by atoms with E-state index in [4.69, 9.17) is 11.6 Å². The molecular weight excluding hydrogens is 156 g/mol. The SMILES string of the molecule is C[C@@H]1SC[C@@H](Cl)CC1=O. The van der Waals surface area contributed by atoms with Gasteiger partial charge < -0.3 is 0 Å². The molecule has 52 valence electrons. The third-order valence-electron chi connectivity index (χ3n) is 1.40. The molecule has 0 radical (unpaired) electrons. The van der Waals surface area contributed by atoms with E-state index in [1.807, 2.05) is 6.92 Å². The minimum absolute atomic E-state index is 0.0821. The number of ketones is 1. The molecule has 0 bridgehead atoms. The lowest BCUT2D eigenvalue weighted by atomic mass is 10.2. The largest absolute Gasteiger partial charge is 0.298 e. The first-order valence-corrected chi connectivity index (χ1v) is 4.47. The number of rotatable bonds is 0. The third kappa shape index (κ3) is 1.87. The minimum Gasteiger partial charge on any atom is -0.298 e. The van der Waals surface area contributed by atoms with Gasteiger partial charge in [-0.3, -0.25) is 4.79 Å². The number of halogens is 1. The maximum Gasteiger partial charge on any atom is 0.147 e. The topological polar surface area (TPSA) is 17.1 Å². The van der Waals surface area contributed by atoms with Crippen LogP contribution < -0.4 is 0 Å². The van der Waals surface area contributed by atoms with Crippen molar-refractivity contribution in [2.45, 2.75) is 24.0 Å². The molecule has 1 fully saturated rings. The van der Waals surface area contributed by atoms with E-state index in [0.29, 0.717) is 12.2 Å². The quantitative estimate of drug-likeness (QED) is 0.507. The summed E-state index contributed by atoms with van der Waals surface area (Å²) in [5.74, 6) is 1.22. The highest BCUT2D eigenvalue weighted by Gasteiger charge is 2.23. The molecule has 0 saturated carbocycles.